The SMILES string of the molecule is [2H]c1c([2H])c([2H])c(-c2cc(-c3c([2H])c([2H])c([2H])c([2H])c3[2H])c3oc4cccc(-c5nc(-c6ccc(-c7ccccc7)cc6)nc(-c6cccc(-c7ccccc7)c6)n5)c4c3c2)c([2H])c1[2H]. The molecule has 2 heterocycles. The Labute approximate surface area is 333 Å². The van der Waals surface area contributed by atoms with E-state index in [2.05, 4.69) is 0 Å². The molecule has 0 aliphatic heterocycles. The third kappa shape index (κ3) is 6.16. The predicted octanol–water partition coefficient (Wildman–Crippen LogP) is 13.4. The van der Waals surface area contributed by atoms with E-state index in [9.17, 15) is 0 Å². The van der Waals surface area contributed by atoms with E-state index in [-0.39, 0.29) is 33.7 Å². The molecule has 10 rings (SSSR count). The van der Waals surface area contributed by atoms with Crippen molar-refractivity contribution in [3.8, 4) is 78.7 Å². The van der Waals surface area contributed by atoms with Gasteiger partial charge in [-0.25, -0.2) is 15.0 Å². The Kier molecular flexibility index (Phi) is 5.86. The molecular formula is C51H33N3O. The lowest BCUT2D eigenvalue weighted by Gasteiger charge is -2.11. The number of nitrogens with zero attached hydrogens (tertiary/aromatic N) is 3. The van der Waals surface area contributed by atoms with Crippen molar-refractivity contribution in [1.82, 2.24) is 15.0 Å². The van der Waals surface area contributed by atoms with Crippen molar-refractivity contribution in [3.05, 3.63) is 200 Å². The number of aromatic nitrogens is 3. The molecule has 0 aliphatic carbocycles. The molecule has 258 valence electrons. The van der Waals surface area contributed by atoms with Crippen LogP contribution in [0.25, 0.3) is 101 Å². The van der Waals surface area contributed by atoms with Gasteiger partial charge >= 0.3 is 0 Å². The number of furan rings is 1. The third-order valence-corrected chi connectivity index (χ3v) is 9.51. The van der Waals surface area contributed by atoms with Gasteiger partial charge < -0.3 is 4.42 Å². The zero-order valence-corrected chi connectivity index (χ0v) is 29.0. The van der Waals surface area contributed by atoms with Gasteiger partial charge in [-0.05, 0) is 63.2 Å². The lowest BCUT2D eigenvalue weighted by atomic mass is 9.95. The summed E-state index contributed by atoms with van der Waals surface area (Å²) in [6.45, 7) is 0. The maximum atomic E-state index is 8.96. The number of hydrogen-bond donors (Lipinski definition) is 0. The summed E-state index contributed by atoms with van der Waals surface area (Å²) in [5.74, 6) is 1.05. The quantitative estimate of drug-likeness (QED) is 0.165. The van der Waals surface area contributed by atoms with Crippen molar-refractivity contribution in [2.75, 3.05) is 0 Å². The van der Waals surface area contributed by atoms with Crippen LogP contribution in [0.5, 0.6) is 0 Å². The summed E-state index contributed by atoms with van der Waals surface area (Å²) in [5, 5.41) is 0.842. The largest absolute Gasteiger partial charge is 0.455 e. The maximum Gasteiger partial charge on any atom is 0.164 e. The van der Waals surface area contributed by atoms with Crippen LogP contribution in [0.15, 0.2) is 204 Å². The molecule has 8 aromatic carbocycles. The van der Waals surface area contributed by atoms with E-state index in [1.54, 1.807) is 18.2 Å². The summed E-state index contributed by atoms with van der Waals surface area (Å²) in [5.41, 5.74) is 6.36. The Hall–Kier alpha value is -7.43. The highest BCUT2D eigenvalue weighted by atomic mass is 16.3. The molecule has 0 radical (unpaired) electrons. The summed E-state index contributed by atoms with van der Waals surface area (Å²) in [6, 6.07) is 38.9. The van der Waals surface area contributed by atoms with Crippen molar-refractivity contribution in [3.63, 3.8) is 0 Å². The van der Waals surface area contributed by atoms with Gasteiger partial charge in [0.2, 0.25) is 0 Å². The van der Waals surface area contributed by atoms with Crippen LogP contribution in [0.3, 0.4) is 0 Å². The average Bonchev–Trinajstić information content (AvgIpc) is 3.73. The van der Waals surface area contributed by atoms with Gasteiger partial charge in [0.25, 0.3) is 0 Å². The Bertz CT molecular complexity index is 3490. The maximum absolute atomic E-state index is 8.96. The summed E-state index contributed by atoms with van der Waals surface area (Å²) in [6.07, 6.45) is 0. The Morgan fingerprint density at radius 3 is 1.62 bits per heavy atom. The number of benzene rings is 8. The van der Waals surface area contributed by atoms with Crippen LogP contribution >= 0.6 is 0 Å². The van der Waals surface area contributed by atoms with Gasteiger partial charge in [-0.15, -0.1) is 0 Å². The topological polar surface area (TPSA) is 51.8 Å². The zero-order chi connectivity index (χ0) is 45.3. The molecule has 4 nitrogen and oxygen atoms in total. The van der Waals surface area contributed by atoms with E-state index in [0.29, 0.717) is 33.6 Å². The lowest BCUT2D eigenvalue weighted by Crippen LogP contribution is -2.00. The second-order valence-electron chi connectivity index (χ2n) is 12.9. The minimum Gasteiger partial charge on any atom is -0.455 e. The molecule has 10 aromatic rings. The number of hydrogen-bond acceptors (Lipinski definition) is 4. The van der Waals surface area contributed by atoms with Crippen LogP contribution in [0.4, 0.5) is 0 Å². The van der Waals surface area contributed by atoms with Crippen LogP contribution in [0.1, 0.15) is 13.7 Å². The first-order chi connectivity index (χ1) is 31.4. The molecular weight excluding hydrogens is 671 g/mol. The van der Waals surface area contributed by atoms with Gasteiger partial charge in [0, 0.05) is 33.0 Å². The van der Waals surface area contributed by atoms with Crippen molar-refractivity contribution < 1.29 is 18.1 Å². The summed E-state index contributed by atoms with van der Waals surface area (Å²) < 4.78 is 92.9. The highest BCUT2D eigenvalue weighted by molar-refractivity contribution is 6.16. The van der Waals surface area contributed by atoms with E-state index in [1.807, 2.05) is 115 Å². The number of rotatable bonds is 7. The Morgan fingerprint density at radius 2 is 0.909 bits per heavy atom. The molecule has 0 aliphatic rings. The molecule has 4 heteroatoms. The predicted molar refractivity (Wildman–Crippen MR) is 225 cm³/mol. The van der Waals surface area contributed by atoms with E-state index in [0.717, 1.165) is 33.4 Å². The third-order valence-electron chi connectivity index (χ3n) is 9.51. The summed E-state index contributed by atoms with van der Waals surface area (Å²) >= 11 is 0. The van der Waals surface area contributed by atoms with Gasteiger partial charge in [-0.3, -0.25) is 0 Å². The molecule has 2 aromatic heterocycles. The fourth-order valence-electron chi connectivity index (χ4n) is 6.89. The fraction of sp³-hybridized carbons (Fsp3) is 0. The molecule has 0 bridgehead atoms. The second-order valence-corrected chi connectivity index (χ2v) is 12.9. The standard InChI is InChI=1S/C51H33N3O/c1-5-15-34(16-6-1)37-27-29-39(30-28-37)49-52-50(41-24-13-23-40(31-41)35-17-7-2-8-18-35)54-51(53-49)43-25-14-26-46-47(43)45-33-42(36-19-9-3-10-20-36)32-44(48(45)55-46)38-21-11-4-12-22-38/h1-33H/i3D,4D,9D,10D,11D,12D,19D,20D,21D,22D. The smallest absolute Gasteiger partial charge is 0.164 e. The van der Waals surface area contributed by atoms with Gasteiger partial charge in [-0.2, -0.15) is 0 Å². The first kappa shape index (κ1) is 23.3. The average molecular weight is 714 g/mol. The Morgan fingerprint density at radius 1 is 0.364 bits per heavy atom. The first-order valence-corrected chi connectivity index (χ1v) is 17.6. The highest BCUT2D eigenvalue weighted by Gasteiger charge is 2.21. The number of fused-ring (bicyclic) bond motifs is 3. The normalized spacial score (nSPS) is 13.8. The lowest BCUT2D eigenvalue weighted by molar-refractivity contribution is 0.670. The zero-order valence-electron chi connectivity index (χ0n) is 39.0. The van der Waals surface area contributed by atoms with Gasteiger partial charge in [0.15, 0.2) is 17.5 Å². The van der Waals surface area contributed by atoms with Crippen LogP contribution in [0, 0.1) is 0 Å². The molecule has 0 spiro atoms. The van der Waals surface area contributed by atoms with E-state index >= 15 is 0 Å². The van der Waals surface area contributed by atoms with Crippen LogP contribution in [-0.2, 0) is 0 Å². The van der Waals surface area contributed by atoms with Crippen molar-refractivity contribution >= 4 is 21.9 Å². The fourth-order valence-corrected chi connectivity index (χ4v) is 6.89. The molecule has 0 unspecified atom stereocenters. The first-order valence-electron chi connectivity index (χ1n) is 22.6. The molecule has 0 atom stereocenters. The van der Waals surface area contributed by atoms with Crippen LogP contribution in [-0.4, -0.2) is 15.0 Å². The van der Waals surface area contributed by atoms with Gasteiger partial charge in [-0.1, -0.05) is 176 Å². The van der Waals surface area contributed by atoms with Crippen LogP contribution in [0.2, 0.25) is 0 Å². The molecule has 0 amide bonds. The second kappa shape index (κ2) is 13.8. The van der Waals surface area contributed by atoms with Crippen molar-refractivity contribution in [2.45, 2.75) is 0 Å². The Balaban J connectivity index is 1.26. The van der Waals surface area contributed by atoms with Crippen LogP contribution < -0.4 is 0 Å². The molecule has 0 fully saturated rings. The molecule has 0 N–H and O–H groups in total. The van der Waals surface area contributed by atoms with Crippen molar-refractivity contribution in [2.24, 2.45) is 0 Å². The van der Waals surface area contributed by atoms with E-state index in [1.165, 1.54) is 6.07 Å². The summed E-state index contributed by atoms with van der Waals surface area (Å²) in [7, 11) is 0. The van der Waals surface area contributed by atoms with Gasteiger partial charge in [0.1, 0.15) is 11.2 Å². The van der Waals surface area contributed by atoms with E-state index < -0.39 is 60.4 Å². The monoisotopic (exact) mass is 713 g/mol. The summed E-state index contributed by atoms with van der Waals surface area (Å²) in [4.78, 5) is 15.2. The minimum atomic E-state index is -0.584. The van der Waals surface area contributed by atoms with Gasteiger partial charge in [0.05, 0.1) is 13.7 Å². The minimum absolute atomic E-state index is 0.0664. The molecule has 55 heavy (non-hydrogen) atoms. The highest BCUT2D eigenvalue weighted by Crippen LogP contribution is 2.43. The van der Waals surface area contributed by atoms with E-state index in [4.69, 9.17) is 33.1 Å². The molecule has 0 saturated heterocycles. The molecule has 0 saturated carbocycles. The van der Waals surface area contributed by atoms with Crippen molar-refractivity contribution in [1.29, 1.82) is 0 Å².